The minimum absolute atomic E-state index is 0.0598. The largest absolute Gasteiger partial charge is 0.479 e. The van der Waals surface area contributed by atoms with Crippen molar-refractivity contribution >= 4 is 35.7 Å². The highest BCUT2D eigenvalue weighted by atomic mass is 16.6. The maximum absolute atomic E-state index is 14.1. The van der Waals surface area contributed by atoms with Gasteiger partial charge >= 0.3 is 24.0 Å². The molecule has 1 aliphatic heterocycles. The molecular weight excluding hydrogens is 636 g/mol. The number of esters is 2. The normalized spacial score (nSPS) is 17.4. The van der Waals surface area contributed by atoms with Crippen LogP contribution in [0.1, 0.15) is 79.2 Å². The van der Waals surface area contributed by atoms with E-state index in [1.54, 1.807) is 27.0 Å². The molecule has 3 rings (SSSR count). The van der Waals surface area contributed by atoms with E-state index in [0.717, 1.165) is 37.3 Å². The van der Waals surface area contributed by atoms with Gasteiger partial charge in [0.1, 0.15) is 23.5 Å². The Kier molecular flexibility index (Phi) is 14.2. The minimum Gasteiger partial charge on any atom is -0.479 e. The first-order valence-electron chi connectivity index (χ1n) is 17.1. The van der Waals surface area contributed by atoms with E-state index in [1.807, 2.05) is 26.0 Å². The molecule has 14 nitrogen and oxygen atoms in total. The molecule has 274 valence electrons. The van der Waals surface area contributed by atoms with Crippen LogP contribution in [-0.2, 0) is 44.5 Å². The SMILES string of the molecule is CC(C)C[C@@H](C(=O)O[C@H](C)C(=O)O)N(C)C(=O)[C@@H](CCc1ccc(N2CCOCC2)nc1)OC(=O)[C@H](CC1CC1)N(C)C(=O)OC(C)(C)C. The van der Waals surface area contributed by atoms with Gasteiger partial charge in [-0.15, -0.1) is 0 Å². The molecule has 0 aromatic carbocycles. The number of nitrogens with zero attached hydrogens (tertiary/aromatic N) is 4. The number of carbonyl (C=O) groups is 5. The van der Waals surface area contributed by atoms with Gasteiger partial charge in [-0.05, 0) is 76.8 Å². The van der Waals surface area contributed by atoms with E-state index in [2.05, 4.69) is 9.88 Å². The van der Waals surface area contributed by atoms with Crippen molar-refractivity contribution in [3.8, 4) is 0 Å². The van der Waals surface area contributed by atoms with Crippen LogP contribution in [-0.4, -0.2) is 120 Å². The van der Waals surface area contributed by atoms with Crippen molar-refractivity contribution in [2.75, 3.05) is 45.3 Å². The Bertz CT molecular complexity index is 1290. The number of carboxylic acids is 1. The lowest BCUT2D eigenvalue weighted by molar-refractivity contribution is -0.172. The molecule has 1 saturated carbocycles. The fourth-order valence-corrected chi connectivity index (χ4v) is 5.38. The molecule has 0 unspecified atom stereocenters. The summed E-state index contributed by atoms with van der Waals surface area (Å²) in [7, 11) is 2.89. The molecule has 2 aliphatic rings. The summed E-state index contributed by atoms with van der Waals surface area (Å²) in [6, 6.07) is 1.68. The Balaban J connectivity index is 1.86. The number of aryl methyl sites for hydroxylation is 1. The number of rotatable bonds is 16. The lowest BCUT2D eigenvalue weighted by Gasteiger charge is -2.33. The molecule has 4 atom stereocenters. The highest BCUT2D eigenvalue weighted by Gasteiger charge is 2.40. The molecule has 1 aromatic heterocycles. The summed E-state index contributed by atoms with van der Waals surface area (Å²) in [6.45, 7) is 12.9. The maximum atomic E-state index is 14.1. The standard InChI is InChI=1S/C35H54N4O10/c1-22(2)19-26(32(43)47-23(3)31(41)42)37(7)30(40)28(13-11-25-12-14-29(36-21-25)39-15-17-46-18-16-39)48-33(44)27(20-24-9-10-24)38(8)34(45)49-35(4,5)6/h12,14,21-24,26-28H,9-11,13,15-20H2,1-8H3,(H,41,42)/t23-,26+,27+,28-/m1/s1. The summed E-state index contributed by atoms with van der Waals surface area (Å²) in [5.74, 6) is -2.61. The van der Waals surface area contributed by atoms with Crippen LogP contribution in [0.2, 0.25) is 0 Å². The van der Waals surface area contributed by atoms with Crippen molar-refractivity contribution in [2.45, 2.75) is 110 Å². The first kappa shape index (κ1) is 39.5. The van der Waals surface area contributed by atoms with Gasteiger partial charge in [-0.3, -0.25) is 9.69 Å². The molecule has 0 spiro atoms. The number of hydrogen-bond acceptors (Lipinski definition) is 11. The average molecular weight is 691 g/mol. The summed E-state index contributed by atoms with van der Waals surface area (Å²) in [6.07, 6.45) is 1.04. The molecule has 0 bridgehead atoms. The number of carboxylic acid groups (broad SMARTS) is 1. The minimum atomic E-state index is -1.42. The van der Waals surface area contributed by atoms with Gasteiger partial charge in [0.2, 0.25) is 0 Å². The van der Waals surface area contributed by atoms with E-state index < -0.39 is 59.8 Å². The number of likely N-dealkylation sites (N-methyl/N-ethyl adjacent to an activating group) is 2. The van der Waals surface area contributed by atoms with Crippen molar-refractivity contribution < 1.29 is 48.0 Å². The van der Waals surface area contributed by atoms with Crippen molar-refractivity contribution in [2.24, 2.45) is 11.8 Å². The Morgan fingerprint density at radius 3 is 2.14 bits per heavy atom. The summed E-state index contributed by atoms with van der Waals surface area (Å²) in [4.78, 5) is 74.7. The molecular formula is C35H54N4O10. The number of anilines is 1. The zero-order chi connectivity index (χ0) is 36.5. The van der Waals surface area contributed by atoms with E-state index in [9.17, 15) is 29.1 Å². The third-order valence-electron chi connectivity index (χ3n) is 8.47. The van der Waals surface area contributed by atoms with Gasteiger partial charge in [0.25, 0.3) is 5.91 Å². The zero-order valence-corrected chi connectivity index (χ0v) is 30.2. The van der Waals surface area contributed by atoms with E-state index in [4.69, 9.17) is 18.9 Å². The third kappa shape index (κ3) is 12.5. The fourth-order valence-electron chi connectivity index (χ4n) is 5.38. The number of ether oxygens (including phenoxy) is 4. The number of aromatic nitrogens is 1. The summed E-state index contributed by atoms with van der Waals surface area (Å²) in [5, 5.41) is 9.30. The van der Waals surface area contributed by atoms with E-state index in [1.165, 1.54) is 30.8 Å². The summed E-state index contributed by atoms with van der Waals surface area (Å²) >= 11 is 0. The van der Waals surface area contributed by atoms with Crippen LogP contribution >= 0.6 is 0 Å². The van der Waals surface area contributed by atoms with Crippen LogP contribution in [0.15, 0.2) is 18.3 Å². The van der Waals surface area contributed by atoms with E-state index in [0.29, 0.717) is 26.1 Å². The lowest BCUT2D eigenvalue weighted by Crippen LogP contribution is -2.51. The van der Waals surface area contributed by atoms with Crippen LogP contribution < -0.4 is 4.90 Å². The second-order valence-electron chi connectivity index (χ2n) is 14.4. The second-order valence-corrected chi connectivity index (χ2v) is 14.4. The lowest BCUT2D eigenvalue weighted by atomic mass is 10.0. The smallest absolute Gasteiger partial charge is 0.410 e. The van der Waals surface area contributed by atoms with E-state index >= 15 is 0 Å². The number of hydrogen-bond donors (Lipinski definition) is 1. The fraction of sp³-hybridized carbons (Fsp3) is 0.714. The topological polar surface area (TPSA) is 165 Å². The number of amides is 2. The molecule has 2 heterocycles. The first-order valence-corrected chi connectivity index (χ1v) is 17.1. The predicted molar refractivity (Wildman–Crippen MR) is 180 cm³/mol. The molecule has 1 N–H and O–H groups in total. The van der Waals surface area contributed by atoms with Crippen molar-refractivity contribution in [1.29, 1.82) is 0 Å². The number of carbonyl (C=O) groups excluding carboxylic acids is 4. The van der Waals surface area contributed by atoms with Crippen molar-refractivity contribution in [3.05, 3.63) is 23.9 Å². The van der Waals surface area contributed by atoms with Gasteiger partial charge in [0.05, 0.1) is 13.2 Å². The Morgan fingerprint density at radius 1 is 0.980 bits per heavy atom. The van der Waals surface area contributed by atoms with Crippen LogP contribution in [0, 0.1) is 11.8 Å². The molecule has 1 aromatic rings. The highest BCUT2D eigenvalue weighted by molar-refractivity contribution is 5.90. The van der Waals surface area contributed by atoms with Gasteiger partial charge < -0.3 is 33.9 Å². The summed E-state index contributed by atoms with van der Waals surface area (Å²) < 4.78 is 22.1. The molecule has 14 heteroatoms. The maximum Gasteiger partial charge on any atom is 0.410 e. The highest BCUT2D eigenvalue weighted by Crippen LogP contribution is 2.35. The second kappa shape index (κ2) is 17.6. The van der Waals surface area contributed by atoms with Gasteiger partial charge in [-0.1, -0.05) is 32.8 Å². The third-order valence-corrected chi connectivity index (χ3v) is 8.47. The van der Waals surface area contributed by atoms with Gasteiger partial charge in [-0.2, -0.15) is 0 Å². The predicted octanol–water partition coefficient (Wildman–Crippen LogP) is 3.69. The molecule has 2 amide bonds. The van der Waals surface area contributed by atoms with Gasteiger partial charge in [0, 0.05) is 33.4 Å². The van der Waals surface area contributed by atoms with Crippen LogP contribution in [0.3, 0.4) is 0 Å². The quantitative estimate of drug-likeness (QED) is 0.198. The number of aliphatic carboxylic acids is 1. The Hall–Kier alpha value is -3.94. The van der Waals surface area contributed by atoms with Gasteiger partial charge in [0.15, 0.2) is 12.2 Å². The molecule has 2 fully saturated rings. The average Bonchev–Trinajstić information content (AvgIpc) is 3.87. The number of pyridine rings is 1. The first-order chi connectivity index (χ1) is 23.0. The van der Waals surface area contributed by atoms with Crippen LogP contribution in [0.4, 0.5) is 10.6 Å². The zero-order valence-electron chi connectivity index (χ0n) is 30.2. The Labute approximate surface area is 289 Å². The van der Waals surface area contributed by atoms with Crippen molar-refractivity contribution in [1.82, 2.24) is 14.8 Å². The molecule has 1 aliphatic carbocycles. The molecule has 1 saturated heterocycles. The monoisotopic (exact) mass is 690 g/mol. The summed E-state index contributed by atoms with van der Waals surface area (Å²) in [5.41, 5.74) is 0.0201. The van der Waals surface area contributed by atoms with Crippen LogP contribution in [0.5, 0.6) is 0 Å². The van der Waals surface area contributed by atoms with Crippen molar-refractivity contribution in [3.63, 3.8) is 0 Å². The van der Waals surface area contributed by atoms with Crippen LogP contribution in [0.25, 0.3) is 0 Å². The van der Waals surface area contributed by atoms with Gasteiger partial charge in [-0.25, -0.2) is 24.2 Å². The molecule has 49 heavy (non-hydrogen) atoms. The molecule has 0 radical (unpaired) electrons. The van der Waals surface area contributed by atoms with E-state index in [-0.39, 0.29) is 24.7 Å². The Morgan fingerprint density at radius 2 is 1.61 bits per heavy atom. The number of morpholine rings is 1.